The average molecular weight is 310 g/mol. The molecule has 0 aliphatic rings. The van der Waals surface area contributed by atoms with Crippen LogP contribution in [-0.2, 0) is 50.3 Å². The van der Waals surface area contributed by atoms with Crippen molar-refractivity contribution in [2.45, 2.75) is 33.5 Å². The molecule has 0 bridgehead atoms. The minimum atomic E-state index is -2.01. The first-order valence-electron chi connectivity index (χ1n) is 6.15. The summed E-state index contributed by atoms with van der Waals surface area (Å²) < 4.78 is 20.3. The van der Waals surface area contributed by atoms with Gasteiger partial charge in [0.05, 0.1) is 6.61 Å². The molecule has 0 N–H and O–H groups in total. The fourth-order valence-corrected chi connectivity index (χ4v) is 1.36. The third-order valence-corrected chi connectivity index (χ3v) is 2.04. The second-order valence-corrected chi connectivity index (χ2v) is 3.26. The van der Waals surface area contributed by atoms with Crippen LogP contribution in [0.2, 0.25) is 0 Å². The number of Topliss-reactive ketones (excluding diaryl/α,β-unsaturated/α-hetero) is 1. The molecule has 0 unspecified atom stereocenters. The summed E-state index contributed by atoms with van der Waals surface area (Å²) >= 11 is 0. The summed E-state index contributed by atoms with van der Waals surface area (Å²) in [7, 11) is 0. The van der Waals surface area contributed by atoms with E-state index in [9.17, 15) is 9.59 Å². The van der Waals surface area contributed by atoms with Crippen molar-refractivity contribution in [3.8, 4) is 0 Å². The molecule has 0 aromatic carbocycles. The number of hydrogen-bond acceptors (Lipinski definition) is 6. The van der Waals surface area contributed by atoms with E-state index in [1.807, 2.05) is 0 Å². The number of carbonyl (C=O) groups is 2. The van der Waals surface area contributed by atoms with E-state index >= 15 is 0 Å². The zero-order chi connectivity index (χ0) is 14.0. The molecular weight excluding hydrogens is 288 g/mol. The van der Waals surface area contributed by atoms with Gasteiger partial charge in [0, 0.05) is 41.5 Å². The molecule has 6 nitrogen and oxygen atoms in total. The first kappa shape index (κ1) is 21.0. The van der Waals surface area contributed by atoms with E-state index < -0.39 is 17.5 Å². The van der Waals surface area contributed by atoms with Gasteiger partial charge in [-0.3, -0.25) is 4.79 Å². The Morgan fingerprint density at radius 1 is 0.895 bits per heavy atom. The van der Waals surface area contributed by atoms with E-state index in [1.165, 1.54) is 0 Å². The molecule has 0 aliphatic carbocycles. The Morgan fingerprint density at radius 2 is 1.42 bits per heavy atom. The van der Waals surface area contributed by atoms with Gasteiger partial charge in [-0.1, -0.05) is 0 Å². The molecule has 0 atom stereocenters. The number of esters is 1. The van der Waals surface area contributed by atoms with Crippen LogP contribution < -0.4 is 0 Å². The fourth-order valence-electron chi connectivity index (χ4n) is 1.36. The Kier molecular flexibility index (Phi) is 12.8. The molecule has 0 radical (unpaired) electrons. The maximum Gasteiger partial charge on any atom is 0.375 e. The van der Waals surface area contributed by atoms with Gasteiger partial charge in [0.25, 0.3) is 0 Å². The maximum atomic E-state index is 12.0. The molecule has 0 saturated carbocycles. The van der Waals surface area contributed by atoms with Gasteiger partial charge in [0.15, 0.2) is 0 Å². The SMILES string of the molecule is CCOCC(=O)C(OCC)(OCC)C(=O)OCC.[Ti]. The molecular formula is C12H22O6Ti. The standard InChI is InChI=1S/C12H22O6.Ti/c1-5-15-9-10(13)12(17-7-3,18-8-4)11(14)16-6-2;/h5-9H2,1-4H3;. The van der Waals surface area contributed by atoms with Crippen LogP contribution in [0.5, 0.6) is 0 Å². The van der Waals surface area contributed by atoms with Crippen LogP contribution >= 0.6 is 0 Å². The van der Waals surface area contributed by atoms with Crippen LogP contribution in [0.15, 0.2) is 0 Å². The number of rotatable bonds is 10. The third kappa shape index (κ3) is 6.14. The monoisotopic (exact) mass is 310 g/mol. The number of hydrogen-bond donors (Lipinski definition) is 0. The van der Waals surface area contributed by atoms with Crippen LogP contribution in [0.25, 0.3) is 0 Å². The third-order valence-electron chi connectivity index (χ3n) is 2.04. The normalized spacial score (nSPS) is 10.7. The summed E-state index contributed by atoms with van der Waals surface area (Å²) in [4.78, 5) is 23.9. The molecule has 0 spiro atoms. The number of carbonyl (C=O) groups excluding carboxylic acids is 2. The van der Waals surface area contributed by atoms with Crippen molar-refractivity contribution < 1.29 is 50.3 Å². The minimum absolute atomic E-state index is 0. The van der Waals surface area contributed by atoms with Crippen LogP contribution in [0.1, 0.15) is 27.7 Å². The van der Waals surface area contributed by atoms with E-state index in [1.54, 1.807) is 27.7 Å². The van der Waals surface area contributed by atoms with E-state index in [0.29, 0.717) is 6.61 Å². The van der Waals surface area contributed by atoms with Gasteiger partial charge in [-0.15, -0.1) is 0 Å². The summed E-state index contributed by atoms with van der Waals surface area (Å²) in [5.74, 6) is -3.43. The van der Waals surface area contributed by atoms with Crippen molar-refractivity contribution in [3.05, 3.63) is 0 Å². The van der Waals surface area contributed by atoms with E-state index in [0.717, 1.165) is 0 Å². The predicted molar refractivity (Wildman–Crippen MR) is 64.1 cm³/mol. The van der Waals surface area contributed by atoms with Crippen molar-refractivity contribution >= 4 is 11.8 Å². The van der Waals surface area contributed by atoms with Crippen molar-refractivity contribution in [1.82, 2.24) is 0 Å². The average Bonchev–Trinajstić information content (AvgIpc) is 2.35. The number of ketones is 1. The van der Waals surface area contributed by atoms with Crippen LogP contribution in [-0.4, -0.2) is 50.6 Å². The molecule has 0 aromatic heterocycles. The Labute approximate surface area is 129 Å². The van der Waals surface area contributed by atoms with Gasteiger partial charge >= 0.3 is 11.8 Å². The summed E-state index contributed by atoms with van der Waals surface area (Å²) in [6, 6.07) is 0. The van der Waals surface area contributed by atoms with Gasteiger partial charge in [-0.2, -0.15) is 0 Å². The molecule has 0 amide bonds. The smallest absolute Gasteiger partial charge is 0.375 e. The molecule has 0 aromatic rings. The molecule has 0 heterocycles. The van der Waals surface area contributed by atoms with Crippen LogP contribution in [0, 0.1) is 0 Å². The largest absolute Gasteiger partial charge is 0.462 e. The van der Waals surface area contributed by atoms with E-state index in [2.05, 4.69) is 0 Å². The van der Waals surface area contributed by atoms with Crippen LogP contribution in [0.4, 0.5) is 0 Å². The van der Waals surface area contributed by atoms with E-state index in [4.69, 9.17) is 18.9 Å². The molecule has 0 saturated heterocycles. The summed E-state index contributed by atoms with van der Waals surface area (Å²) in [5.41, 5.74) is 0. The van der Waals surface area contributed by atoms with Crippen molar-refractivity contribution in [1.29, 1.82) is 0 Å². The summed E-state index contributed by atoms with van der Waals surface area (Å²) in [5, 5.41) is 0. The second-order valence-electron chi connectivity index (χ2n) is 3.26. The van der Waals surface area contributed by atoms with E-state index in [-0.39, 0.29) is 48.1 Å². The topological polar surface area (TPSA) is 71.1 Å². The molecule has 0 fully saturated rings. The molecule has 0 aliphatic heterocycles. The molecule has 7 heteroatoms. The summed E-state index contributed by atoms with van der Waals surface area (Å²) in [6.07, 6.45) is 0. The van der Waals surface area contributed by atoms with Gasteiger partial charge in [0.1, 0.15) is 6.61 Å². The Hall–Kier alpha value is -0.266. The summed E-state index contributed by atoms with van der Waals surface area (Å²) in [6.45, 7) is 7.28. The predicted octanol–water partition coefficient (Wildman–Crippen LogP) is 0.922. The van der Waals surface area contributed by atoms with Crippen molar-refractivity contribution in [2.24, 2.45) is 0 Å². The van der Waals surface area contributed by atoms with Gasteiger partial charge in [0.2, 0.25) is 5.78 Å². The number of ether oxygens (including phenoxy) is 4. The van der Waals surface area contributed by atoms with Crippen molar-refractivity contribution in [2.75, 3.05) is 33.0 Å². The Balaban J connectivity index is 0. The zero-order valence-electron chi connectivity index (χ0n) is 12.0. The maximum absolute atomic E-state index is 12.0. The first-order valence-corrected chi connectivity index (χ1v) is 6.15. The van der Waals surface area contributed by atoms with Gasteiger partial charge < -0.3 is 18.9 Å². The molecule has 19 heavy (non-hydrogen) atoms. The minimum Gasteiger partial charge on any atom is -0.462 e. The Morgan fingerprint density at radius 3 is 1.79 bits per heavy atom. The quantitative estimate of drug-likeness (QED) is 0.259. The van der Waals surface area contributed by atoms with Crippen LogP contribution in [0.3, 0.4) is 0 Å². The van der Waals surface area contributed by atoms with Gasteiger partial charge in [-0.05, 0) is 27.7 Å². The zero-order valence-corrected chi connectivity index (χ0v) is 13.5. The van der Waals surface area contributed by atoms with Gasteiger partial charge in [-0.25, -0.2) is 4.79 Å². The van der Waals surface area contributed by atoms with Crippen molar-refractivity contribution in [3.63, 3.8) is 0 Å². The second kappa shape index (κ2) is 11.6. The molecule has 110 valence electrons. The fraction of sp³-hybridized carbons (Fsp3) is 0.833. The Bertz CT molecular complexity index is 263. The first-order chi connectivity index (χ1) is 8.58. The molecule has 0 rings (SSSR count).